The van der Waals surface area contributed by atoms with Gasteiger partial charge in [-0.25, -0.2) is 9.89 Å². The summed E-state index contributed by atoms with van der Waals surface area (Å²) in [4.78, 5) is 37.8. The molecule has 1 aliphatic heterocycles. The molecule has 1 aromatic carbocycles. The number of nitrogens with one attached hydrogen (secondary N) is 2. The number of thioether (sulfide) groups is 1. The third-order valence-corrected chi connectivity index (χ3v) is 5.33. The molecule has 2 heterocycles. The first-order chi connectivity index (χ1) is 13.6. The highest BCUT2D eigenvalue weighted by molar-refractivity contribution is 8.00. The fraction of sp³-hybridized carbons (Fsp3) is 0.412. The largest absolute Gasteiger partial charge is 0.416 e. The molecule has 0 bridgehead atoms. The van der Waals surface area contributed by atoms with Crippen molar-refractivity contribution in [1.82, 2.24) is 14.8 Å². The van der Waals surface area contributed by atoms with Crippen molar-refractivity contribution in [3.8, 4) is 0 Å². The summed E-state index contributed by atoms with van der Waals surface area (Å²) in [6, 6.07) is 2.83. The maximum absolute atomic E-state index is 12.9. The molecule has 0 saturated heterocycles. The molecular weight excluding hydrogens is 411 g/mol. The first kappa shape index (κ1) is 21.0. The van der Waals surface area contributed by atoms with E-state index in [0.29, 0.717) is 18.1 Å². The Hall–Kier alpha value is -2.76. The number of benzene rings is 1. The van der Waals surface area contributed by atoms with E-state index in [1.165, 1.54) is 4.57 Å². The molecule has 2 N–H and O–H groups in total. The van der Waals surface area contributed by atoms with E-state index in [1.807, 2.05) is 6.92 Å². The summed E-state index contributed by atoms with van der Waals surface area (Å²) in [5.41, 5.74) is -1.21. The second-order valence-corrected chi connectivity index (χ2v) is 7.73. The molecule has 8 nitrogen and oxygen atoms in total. The van der Waals surface area contributed by atoms with Crippen molar-refractivity contribution >= 4 is 35.0 Å². The zero-order valence-electron chi connectivity index (χ0n) is 15.5. The Morgan fingerprint density at radius 2 is 2.07 bits per heavy atom. The molecule has 2 aromatic rings. The molecule has 0 spiro atoms. The van der Waals surface area contributed by atoms with Crippen LogP contribution < -0.4 is 15.9 Å². The number of nitrogens with zero attached hydrogens (tertiary/aromatic N) is 3. The second kappa shape index (κ2) is 7.93. The van der Waals surface area contributed by atoms with Crippen LogP contribution >= 0.6 is 11.8 Å². The van der Waals surface area contributed by atoms with Crippen LogP contribution in [0.5, 0.6) is 0 Å². The second-order valence-electron chi connectivity index (χ2n) is 6.43. The topological polar surface area (TPSA) is 100 Å². The van der Waals surface area contributed by atoms with Gasteiger partial charge in [0.15, 0.2) is 5.16 Å². The van der Waals surface area contributed by atoms with Gasteiger partial charge in [-0.05, 0) is 31.5 Å². The van der Waals surface area contributed by atoms with E-state index in [4.69, 9.17) is 0 Å². The predicted molar refractivity (Wildman–Crippen MR) is 101 cm³/mol. The van der Waals surface area contributed by atoms with Gasteiger partial charge in [0, 0.05) is 6.54 Å². The Kier molecular flexibility index (Phi) is 5.73. The number of anilines is 2. The SMILES string of the molecule is CCCn1c(S[C@@H](C)C(=O)N2CC(=O)Nc3cc(C(F)(F)F)ccc32)n[nH]c1=O. The summed E-state index contributed by atoms with van der Waals surface area (Å²) in [6.45, 7) is 3.58. The van der Waals surface area contributed by atoms with Crippen LogP contribution in [-0.4, -0.2) is 38.4 Å². The molecular formula is C17H18F3N5O3S. The lowest BCUT2D eigenvalue weighted by Crippen LogP contribution is -2.45. The monoisotopic (exact) mass is 429 g/mol. The van der Waals surface area contributed by atoms with Crippen molar-refractivity contribution in [3.63, 3.8) is 0 Å². The number of carbonyl (C=O) groups excluding carboxylic acids is 2. The zero-order chi connectivity index (χ0) is 21.3. The molecule has 1 aromatic heterocycles. The van der Waals surface area contributed by atoms with E-state index in [9.17, 15) is 27.6 Å². The number of alkyl halides is 3. The van der Waals surface area contributed by atoms with Gasteiger partial charge in [0.1, 0.15) is 6.54 Å². The number of amides is 2. The molecule has 0 aliphatic carbocycles. The van der Waals surface area contributed by atoms with E-state index < -0.39 is 34.5 Å². The van der Waals surface area contributed by atoms with Gasteiger partial charge < -0.3 is 5.32 Å². The minimum atomic E-state index is -4.57. The molecule has 0 unspecified atom stereocenters. The molecule has 3 rings (SSSR count). The van der Waals surface area contributed by atoms with E-state index in [2.05, 4.69) is 15.5 Å². The van der Waals surface area contributed by atoms with Crippen molar-refractivity contribution in [2.45, 2.75) is 43.4 Å². The standard InChI is InChI=1S/C17H18F3N5O3S/c1-3-6-24-15(28)22-23-16(24)29-9(2)14(27)25-8-13(26)21-11-7-10(17(18,19)20)4-5-12(11)25/h4-5,7,9H,3,6,8H2,1-2H3,(H,21,26)(H,22,28)/t9-/m0/s1. The highest BCUT2D eigenvalue weighted by Crippen LogP contribution is 2.37. The normalized spacial score (nSPS) is 15.1. The fourth-order valence-corrected chi connectivity index (χ4v) is 3.85. The van der Waals surface area contributed by atoms with E-state index >= 15 is 0 Å². The van der Waals surface area contributed by atoms with Crippen LogP contribution in [-0.2, 0) is 22.3 Å². The highest BCUT2D eigenvalue weighted by atomic mass is 32.2. The molecule has 29 heavy (non-hydrogen) atoms. The Labute approximate surface area is 167 Å². The molecule has 0 saturated carbocycles. The number of carbonyl (C=O) groups is 2. The minimum absolute atomic E-state index is 0.0794. The smallest absolute Gasteiger partial charge is 0.323 e. The predicted octanol–water partition coefficient (Wildman–Crippen LogP) is 2.47. The number of aromatic amines is 1. The van der Waals surface area contributed by atoms with Gasteiger partial charge in [-0.2, -0.15) is 13.2 Å². The molecule has 156 valence electrons. The molecule has 1 atom stereocenters. The first-order valence-corrected chi connectivity index (χ1v) is 9.64. The van der Waals surface area contributed by atoms with Crippen LogP contribution in [0.25, 0.3) is 0 Å². The maximum Gasteiger partial charge on any atom is 0.416 e. The van der Waals surface area contributed by atoms with Gasteiger partial charge in [-0.15, -0.1) is 5.10 Å². The number of hydrogen-bond acceptors (Lipinski definition) is 5. The van der Waals surface area contributed by atoms with Crippen LogP contribution in [0.1, 0.15) is 25.8 Å². The quantitative estimate of drug-likeness (QED) is 0.712. The van der Waals surface area contributed by atoms with Crippen molar-refractivity contribution in [1.29, 1.82) is 0 Å². The third-order valence-electron chi connectivity index (χ3n) is 4.26. The summed E-state index contributed by atoms with van der Waals surface area (Å²) in [5, 5.41) is 8.21. The van der Waals surface area contributed by atoms with Crippen LogP contribution in [0, 0.1) is 0 Å². The number of fused-ring (bicyclic) bond motifs is 1. The van der Waals surface area contributed by atoms with Gasteiger partial charge in [0.05, 0.1) is 22.2 Å². The number of H-pyrrole nitrogens is 1. The van der Waals surface area contributed by atoms with Crippen molar-refractivity contribution in [2.24, 2.45) is 0 Å². The number of rotatable bonds is 5. The highest BCUT2D eigenvalue weighted by Gasteiger charge is 2.35. The van der Waals surface area contributed by atoms with E-state index in [0.717, 1.165) is 34.9 Å². The third kappa shape index (κ3) is 4.31. The van der Waals surface area contributed by atoms with Gasteiger partial charge in [-0.3, -0.25) is 19.1 Å². The lowest BCUT2D eigenvalue weighted by atomic mass is 10.1. The lowest BCUT2D eigenvalue weighted by molar-refractivity contribution is -0.137. The van der Waals surface area contributed by atoms with Crippen molar-refractivity contribution in [2.75, 3.05) is 16.8 Å². The van der Waals surface area contributed by atoms with Crippen molar-refractivity contribution in [3.05, 3.63) is 34.2 Å². The molecule has 0 radical (unpaired) electrons. The zero-order valence-corrected chi connectivity index (χ0v) is 16.4. The van der Waals surface area contributed by atoms with Crippen LogP contribution in [0.4, 0.5) is 24.5 Å². The van der Waals surface area contributed by atoms with E-state index in [1.54, 1.807) is 6.92 Å². The first-order valence-electron chi connectivity index (χ1n) is 8.76. The maximum atomic E-state index is 12.9. The van der Waals surface area contributed by atoms with E-state index in [-0.39, 0.29) is 17.9 Å². The van der Waals surface area contributed by atoms with Crippen LogP contribution in [0.3, 0.4) is 0 Å². The van der Waals surface area contributed by atoms with Gasteiger partial charge in [0.2, 0.25) is 11.8 Å². The van der Waals surface area contributed by atoms with Gasteiger partial charge in [-0.1, -0.05) is 18.7 Å². The summed E-state index contributed by atoms with van der Waals surface area (Å²) in [5.74, 6) is -1.07. The summed E-state index contributed by atoms with van der Waals surface area (Å²) in [7, 11) is 0. The average molecular weight is 429 g/mol. The molecule has 1 aliphatic rings. The van der Waals surface area contributed by atoms with Gasteiger partial charge >= 0.3 is 11.9 Å². The minimum Gasteiger partial charge on any atom is -0.323 e. The fourth-order valence-electron chi connectivity index (χ4n) is 2.90. The van der Waals surface area contributed by atoms with Crippen LogP contribution in [0.2, 0.25) is 0 Å². The Morgan fingerprint density at radius 1 is 1.34 bits per heavy atom. The Balaban J connectivity index is 1.86. The summed E-state index contributed by atoms with van der Waals surface area (Å²) >= 11 is 1.03. The Bertz CT molecular complexity index is 1000. The molecule has 12 heteroatoms. The van der Waals surface area contributed by atoms with Gasteiger partial charge in [0.25, 0.3) is 0 Å². The summed E-state index contributed by atoms with van der Waals surface area (Å²) in [6.07, 6.45) is -3.88. The summed E-state index contributed by atoms with van der Waals surface area (Å²) < 4.78 is 40.3. The molecule has 0 fully saturated rings. The number of halogens is 3. The molecule has 2 amide bonds. The Morgan fingerprint density at radius 3 is 2.72 bits per heavy atom. The number of hydrogen-bond donors (Lipinski definition) is 2. The average Bonchev–Trinajstić information content (AvgIpc) is 2.99. The van der Waals surface area contributed by atoms with Crippen LogP contribution in [0.15, 0.2) is 28.2 Å². The lowest BCUT2D eigenvalue weighted by Gasteiger charge is -2.31. The number of aromatic nitrogens is 3. The van der Waals surface area contributed by atoms with Crippen molar-refractivity contribution < 1.29 is 22.8 Å².